The maximum Gasteiger partial charge on any atom is 0.337 e. The van der Waals surface area contributed by atoms with Crippen molar-refractivity contribution in [1.82, 2.24) is 0 Å². The zero-order valence-corrected chi connectivity index (χ0v) is 14.9. The minimum absolute atomic E-state index is 0.334. The lowest BCUT2D eigenvalue weighted by Gasteiger charge is -2.12. The predicted octanol–water partition coefficient (Wildman–Crippen LogP) is 4.92. The predicted molar refractivity (Wildman–Crippen MR) is 91.7 cm³/mol. The molecule has 0 aliphatic rings. The van der Waals surface area contributed by atoms with Crippen molar-refractivity contribution in [1.29, 1.82) is 0 Å². The summed E-state index contributed by atoms with van der Waals surface area (Å²) in [6, 6.07) is 11.6. The van der Waals surface area contributed by atoms with E-state index in [0.29, 0.717) is 12.1 Å². The van der Waals surface area contributed by atoms with Crippen LogP contribution in [0.25, 0.3) is 0 Å². The molecule has 0 bridgehead atoms. The Labute approximate surface area is 141 Å². The van der Waals surface area contributed by atoms with Gasteiger partial charge in [-0.25, -0.2) is 4.79 Å². The number of hydrogen-bond acceptors (Lipinski definition) is 3. The van der Waals surface area contributed by atoms with Gasteiger partial charge in [0.2, 0.25) is 0 Å². The summed E-state index contributed by atoms with van der Waals surface area (Å²) in [5.74, 6) is -0.334. The fourth-order valence-corrected chi connectivity index (χ4v) is 2.95. The van der Waals surface area contributed by atoms with Crippen molar-refractivity contribution in [3.8, 4) is 0 Å². The molecule has 0 aromatic heterocycles. The number of ether oxygens (including phenoxy) is 1. The second-order valence-corrected chi connectivity index (χ2v) is 6.38. The van der Waals surface area contributed by atoms with Gasteiger partial charge in [0.1, 0.15) is 0 Å². The van der Waals surface area contributed by atoms with E-state index < -0.39 is 0 Å². The Bertz CT molecular complexity index is 671. The highest BCUT2D eigenvalue weighted by Crippen LogP contribution is 2.23. The summed E-state index contributed by atoms with van der Waals surface area (Å²) in [6.45, 7) is 2.73. The average Bonchev–Trinajstić information content (AvgIpc) is 2.46. The Morgan fingerprint density at radius 2 is 1.95 bits per heavy atom. The van der Waals surface area contributed by atoms with E-state index in [1.807, 2.05) is 18.2 Å². The van der Waals surface area contributed by atoms with Gasteiger partial charge in [0.15, 0.2) is 0 Å². The third kappa shape index (κ3) is 4.08. The highest BCUT2D eigenvalue weighted by atomic mass is 79.9. The highest BCUT2D eigenvalue weighted by Gasteiger charge is 2.08. The van der Waals surface area contributed by atoms with Crippen LogP contribution in [0.3, 0.4) is 0 Å². The molecule has 0 amide bonds. The molecule has 3 nitrogen and oxygen atoms in total. The first-order chi connectivity index (χ1) is 10.0. The maximum absolute atomic E-state index is 11.5. The summed E-state index contributed by atoms with van der Waals surface area (Å²) in [5.41, 5.74) is 3.87. The van der Waals surface area contributed by atoms with Crippen LogP contribution in [-0.2, 0) is 11.3 Å². The molecule has 0 atom stereocenters. The second-order valence-electron chi connectivity index (χ2n) is 4.61. The van der Waals surface area contributed by atoms with Crippen LogP contribution in [-0.4, -0.2) is 13.1 Å². The van der Waals surface area contributed by atoms with Crippen molar-refractivity contribution < 1.29 is 9.53 Å². The Morgan fingerprint density at radius 3 is 2.57 bits per heavy atom. The zero-order chi connectivity index (χ0) is 15.4. The van der Waals surface area contributed by atoms with Gasteiger partial charge in [-0.15, -0.1) is 0 Å². The summed E-state index contributed by atoms with van der Waals surface area (Å²) in [5, 5.41) is 3.39. The Balaban J connectivity index is 2.11. The van der Waals surface area contributed by atoms with Gasteiger partial charge in [0.05, 0.1) is 12.7 Å². The molecule has 0 fully saturated rings. The molecule has 5 heteroatoms. The van der Waals surface area contributed by atoms with Crippen LogP contribution >= 0.6 is 31.9 Å². The number of carbonyl (C=O) groups excluding carboxylic acids is 1. The van der Waals surface area contributed by atoms with Crippen molar-refractivity contribution in [2.45, 2.75) is 13.5 Å². The summed E-state index contributed by atoms with van der Waals surface area (Å²) in [4.78, 5) is 11.5. The largest absolute Gasteiger partial charge is 0.465 e. The van der Waals surface area contributed by atoms with Gasteiger partial charge < -0.3 is 10.1 Å². The molecule has 2 rings (SSSR count). The molecular weight excluding hydrogens is 398 g/mol. The van der Waals surface area contributed by atoms with Gasteiger partial charge in [0.25, 0.3) is 0 Å². The first kappa shape index (κ1) is 16.0. The first-order valence-corrected chi connectivity index (χ1v) is 7.96. The number of aryl methyl sites for hydroxylation is 1. The summed E-state index contributed by atoms with van der Waals surface area (Å²) in [6.07, 6.45) is 0. The third-order valence-electron chi connectivity index (χ3n) is 3.13. The average molecular weight is 413 g/mol. The molecule has 0 heterocycles. The maximum atomic E-state index is 11.5. The van der Waals surface area contributed by atoms with Crippen LogP contribution in [0.1, 0.15) is 21.5 Å². The van der Waals surface area contributed by atoms with Gasteiger partial charge in [-0.3, -0.25) is 0 Å². The molecule has 0 spiro atoms. The van der Waals surface area contributed by atoms with Gasteiger partial charge in [-0.1, -0.05) is 37.9 Å². The fourth-order valence-electron chi connectivity index (χ4n) is 1.95. The Hall–Kier alpha value is -1.33. The molecule has 0 saturated carbocycles. The van der Waals surface area contributed by atoms with Crippen molar-refractivity contribution >= 4 is 43.5 Å². The molecule has 2 aromatic carbocycles. The smallest absolute Gasteiger partial charge is 0.337 e. The molecule has 1 N–H and O–H groups in total. The molecule has 110 valence electrons. The molecule has 2 aromatic rings. The van der Waals surface area contributed by atoms with Crippen molar-refractivity contribution in [2.24, 2.45) is 0 Å². The highest BCUT2D eigenvalue weighted by molar-refractivity contribution is 9.10. The lowest BCUT2D eigenvalue weighted by Crippen LogP contribution is -2.04. The van der Waals surface area contributed by atoms with Gasteiger partial charge in [-0.2, -0.15) is 0 Å². The number of anilines is 1. The van der Waals surface area contributed by atoms with Crippen LogP contribution in [0.4, 0.5) is 5.69 Å². The van der Waals surface area contributed by atoms with Gasteiger partial charge in [-0.05, 0) is 48.4 Å². The number of methoxy groups -OCH3 is 1. The Kier molecular flexibility index (Phi) is 5.42. The van der Waals surface area contributed by atoms with Crippen molar-refractivity contribution in [2.75, 3.05) is 12.4 Å². The van der Waals surface area contributed by atoms with E-state index in [4.69, 9.17) is 4.74 Å². The van der Waals surface area contributed by atoms with Crippen LogP contribution in [0.15, 0.2) is 45.3 Å². The summed E-state index contributed by atoms with van der Waals surface area (Å²) >= 11 is 6.95. The van der Waals surface area contributed by atoms with Gasteiger partial charge in [0, 0.05) is 21.2 Å². The molecule has 0 radical (unpaired) electrons. The number of carbonyl (C=O) groups is 1. The number of esters is 1. The van der Waals surface area contributed by atoms with E-state index in [2.05, 4.69) is 50.2 Å². The standard InChI is InChI=1S/C16H15Br2NO2/c1-10-7-13(17)5-6-15(10)19-9-12-4-3-11(8-14(12)18)16(20)21-2/h3-8,19H,9H2,1-2H3. The number of hydrogen-bond donors (Lipinski definition) is 1. The topological polar surface area (TPSA) is 38.3 Å². The first-order valence-electron chi connectivity index (χ1n) is 6.38. The summed E-state index contributed by atoms with van der Waals surface area (Å²) < 4.78 is 6.65. The summed E-state index contributed by atoms with van der Waals surface area (Å²) in [7, 11) is 1.38. The molecule has 0 saturated heterocycles. The number of nitrogens with one attached hydrogen (secondary N) is 1. The van der Waals surface area contributed by atoms with E-state index in [-0.39, 0.29) is 5.97 Å². The molecule has 21 heavy (non-hydrogen) atoms. The number of halogens is 2. The second kappa shape index (κ2) is 7.09. The fraction of sp³-hybridized carbons (Fsp3) is 0.188. The van der Waals surface area contributed by atoms with Crippen LogP contribution in [0, 0.1) is 6.92 Å². The van der Waals surface area contributed by atoms with E-state index in [0.717, 1.165) is 20.2 Å². The van der Waals surface area contributed by atoms with E-state index in [1.54, 1.807) is 12.1 Å². The Morgan fingerprint density at radius 1 is 1.19 bits per heavy atom. The SMILES string of the molecule is COC(=O)c1ccc(CNc2ccc(Br)cc2C)c(Br)c1. The zero-order valence-electron chi connectivity index (χ0n) is 11.7. The lowest BCUT2D eigenvalue weighted by atomic mass is 10.1. The van der Waals surface area contributed by atoms with Crippen LogP contribution < -0.4 is 5.32 Å². The monoisotopic (exact) mass is 411 g/mol. The number of rotatable bonds is 4. The minimum atomic E-state index is -0.334. The van der Waals surface area contributed by atoms with Gasteiger partial charge >= 0.3 is 5.97 Å². The van der Waals surface area contributed by atoms with E-state index in [1.165, 1.54) is 12.7 Å². The molecule has 0 unspecified atom stereocenters. The van der Waals surface area contributed by atoms with E-state index in [9.17, 15) is 4.79 Å². The normalized spacial score (nSPS) is 10.3. The molecule has 0 aliphatic carbocycles. The lowest BCUT2D eigenvalue weighted by molar-refractivity contribution is 0.0600. The van der Waals surface area contributed by atoms with E-state index >= 15 is 0 Å². The van der Waals surface area contributed by atoms with Crippen LogP contribution in [0.5, 0.6) is 0 Å². The minimum Gasteiger partial charge on any atom is -0.465 e. The van der Waals surface area contributed by atoms with Crippen molar-refractivity contribution in [3.05, 3.63) is 62.0 Å². The van der Waals surface area contributed by atoms with Crippen LogP contribution in [0.2, 0.25) is 0 Å². The third-order valence-corrected chi connectivity index (χ3v) is 4.36. The van der Waals surface area contributed by atoms with Crippen molar-refractivity contribution in [3.63, 3.8) is 0 Å². The molecular formula is C16H15Br2NO2. The molecule has 0 aliphatic heterocycles. The quantitative estimate of drug-likeness (QED) is 0.724. The number of benzene rings is 2.